The van der Waals surface area contributed by atoms with Crippen molar-refractivity contribution in [2.45, 2.75) is 19.5 Å². The third-order valence-corrected chi connectivity index (χ3v) is 1.83. The second-order valence-corrected chi connectivity index (χ2v) is 3.56. The first-order chi connectivity index (χ1) is 7.06. The summed E-state index contributed by atoms with van der Waals surface area (Å²) < 4.78 is 72.5. The van der Waals surface area contributed by atoms with Crippen LogP contribution in [0.1, 0.15) is 13.3 Å². The number of hydrogen-bond acceptors (Lipinski definition) is 1. The Balaban J connectivity index is 0. The molecular formula is C8H13BF6KN. The molecule has 0 heterocycles. The monoisotopic (exact) mass is 287 g/mol. The molecule has 0 fully saturated rings. The molecule has 17 heavy (non-hydrogen) atoms. The Bertz CT molecular complexity index is 239. The molecule has 0 atom stereocenters. The number of nitrogens with zero attached hydrogens (tertiary/aromatic N) is 1. The predicted molar refractivity (Wildman–Crippen MR) is 51.0 cm³/mol. The summed E-state index contributed by atoms with van der Waals surface area (Å²) in [7, 11) is 0. The molecule has 1 nitrogen and oxygen atoms in total. The van der Waals surface area contributed by atoms with Crippen LogP contribution < -0.4 is 51.4 Å². The molecule has 0 N–H and O–H groups in total. The van der Waals surface area contributed by atoms with Gasteiger partial charge in [-0.3, -0.25) is 4.90 Å². The molecule has 0 aromatic carbocycles. The van der Waals surface area contributed by atoms with E-state index in [0.29, 0.717) is 11.3 Å². The van der Waals surface area contributed by atoms with Crippen molar-refractivity contribution in [2.75, 3.05) is 19.6 Å². The van der Waals surface area contributed by atoms with Crippen LogP contribution in [0.5, 0.6) is 0 Å². The van der Waals surface area contributed by atoms with Crippen LogP contribution in [0.15, 0.2) is 12.1 Å². The van der Waals surface area contributed by atoms with Crippen molar-refractivity contribution in [1.82, 2.24) is 4.90 Å². The van der Waals surface area contributed by atoms with Crippen molar-refractivity contribution >= 4 is 6.98 Å². The van der Waals surface area contributed by atoms with Crippen LogP contribution in [0.25, 0.3) is 0 Å². The van der Waals surface area contributed by atoms with Crippen LogP contribution in [0.2, 0.25) is 0 Å². The largest absolute Gasteiger partial charge is 1.00 e. The molecule has 0 unspecified atom stereocenters. The SMILES string of the molecule is C=C(CN(CCC)CC(F)(F)F)[B-](F)(F)F.[K+]. The summed E-state index contributed by atoms with van der Waals surface area (Å²) in [6.07, 6.45) is -4.14. The van der Waals surface area contributed by atoms with Gasteiger partial charge in [0.05, 0.1) is 6.54 Å². The third kappa shape index (κ3) is 10.6. The molecule has 0 spiro atoms. The summed E-state index contributed by atoms with van der Waals surface area (Å²) >= 11 is 0. The van der Waals surface area contributed by atoms with Gasteiger partial charge >= 0.3 is 64.5 Å². The van der Waals surface area contributed by atoms with Gasteiger partial charge in [-0.2, -0.15) is 13.2 Å². The maximum atomic E-state index is 12.1. The van der Waals surface area contributed by atoms with Gasteiger partial charge in [-0.1, -0.05) is 6.92 Å². The van der Waals surface area contributed by atoms with Crippen LogP contribution >= 0.6 is 0 Å². The molecule has 0 aromatic rings. The molecule has 0 aliphatic carbocycles. The number of halogens is 6. The van der Waals surface area contributed by atoms with Gasteiger partial charge in [0.15, 0.2) is 0 Å². The quantitative estimate of drug-likeness (QED) is 0.498. The Labute approximate surface area is 139 Å². The Hall–Kier alpha value is 0.981. The summed E-state index contributed by atoms with van der Waals surface area (Å²) in [5.41, 5.74) is -1.10. The average Bonchev–Trinajstić information content (AvgIpc) is 1.99. The van der Waals surface area contributed by atoms with Crippen molar-refractivity contribution in [3.05, 3.63) is 12.1 Å². The van der Waals surface area contributed by atoms with Gasteiger partial charge in [-0.25, -0.2) is 0 Å². The molecule has 0 amide bonds. The molecule has 0 aliphatic rings. The summed E-state index contributed by atoms with van der Waals surface area (Å²) in [5, 5.41) is 0. The maximum absolute atomic E-state index is 12.1. The van der Waals surface area contributed by atoms with Gasteiger partial charge in [-0.15, -0.1) is 12.1 Å². The van der Waals surface area contributed by atoms with Crippen molar-refractivity contribution in [3.63, 3.8) is 0 Å². The standard InChI is InChI=1S/C8H13BF6N.K/c1-3-4-16(6-8(10,11)12)5-7(2)9(13,14)15;/h2-6H2,1H3;/q-1;+1. The van der Waals surface area contributed by atoms with E-state index in [1.807, 2.05) is 0 Å². The van der Waals surface area contributed by atoms with E-state index < -0.39 is 31.7 Å². The van der Waals surface area contributed by atoms with E-state index in [-0.39, 0.29) is 57.9 Å². The fourth-order valence-electron chi connectivity index (χ4n) is 1.17. The Morgan fingerprint density at radius 1 is 1.24 bits per heavy atom. The first-order valence-corrected chi connectivity index (χ1v) is 4.73. The minimum Gasteiger partial charge on any atom is -0.445 e. The van der Waals surface area contributed by atoms with Crippen molar-refractivity contribution < 1.29 is 77.5 Å². The summed E-state index contributed by atoms with van der Waals surface area (Å²) in [4.78, 5) is 0.706. The van der Waals surface area contributed by atoms with Crippen LogP contribution in [0, 0.1) is 0 Å². The Morgan fingerprint density at radius 2 is 1.71 bits per heavy atom. The average molecular weight is 287 g/mol. The van der Waals surface area contributed by atoms with E-state index in [0.717, 1.165) is 0 Å². The van der Waals surface area contributed by atoms with Crippen LogP contribution in [0.4, 0.5) is 26.1 Å². The molecule has 0 saturated heterocycles. The molecule has 9 heteroatoms. The smallest absolute Gasteiger partial charge is 0.445 e. The molecule has 0 aliphatic heterocycles. The van der Waals surface area contributed by atoms with Gasteiger partial charge in [0.1, 0.15) is 0 Å². The zero-order valence-corrected chi connectivity index (χ0v) is 13.0. The Kier molecular flexibility index (Phi) is 9.81. The molecule has 96 valence electrons. The predicted octanol–water partition coefficient (Wildman–Crippen LogP) is 0.207. The van der Waals surface area contributed by atoms with Crippen LogP contribution in [0.3, 0.4) is 0 Å². The van der Waals surface area contributed by atoms with E-state index in [1.54, 1.807) is 6.92 Å². The van der Waals surface area contributed by atoms with Gasteiger partial charge in [0.25, 0.3) is 0 Å². The molecule has 0 rings (SSSR count). The zero-order valence-electron chi connectivity index (χ0n) is 9.83. The van der Waals surface area contributed by atoms with Crippen LogP contribution in [-0.2, 0) is 0 Å². The summed E-state index contributed by atoms with van der Waals surface area (Å²) in [5.74, 6) is 0. The van der Waals surface area contributed by atoms with Gasteiger partial charge in [0, 0.05) is 0 Å². The first kappa shape index (κ1) is 20.3. The van der Waals surface area contributed by atoms with Gasteiger partial charge in [0.2, 0.25) is 0 Å². The number of rotatable bonds is 6. The minimum atomic E-state index is -5.27. The van der Waals surface area contributed by atoms with E-state index in [1.165, 1.54) is 0 Å². The second kappa shape index (κ2) is 8.21. The van der Waals surface area contributed by atoms with E-state index in [9.17, 15) is 26.1 Å². The molecule has 0 aromatic heterocycles. The van der Waals surface area contributed by atoms with Gasteiger partial charge in [-0.05, 0) is 19.5 Å². The molecule has 0 radical (unpaired) electrons. The maximum Gasteiger partial charge on any atom is 1.00 e. The third-order valence-electron chi connectivity index (χ3n) is 1.83. The number of alkyl halides is 3. The minimum absolute atomic E-state index is 0. The topological polar surface area (TPSA) is 3.24 Å². The molecule has 0 bridgehead atoms. The van der Waals surface area contributed by atoms with Crippen molar-refractivity contribution in [1.29, 1.82) is 0 Å². The molecular weight excluding hydrogens is 274 g/mol. The summed E-state index contributed by atoms with van der Waals surface area (Å²) in [6.45, 7) is -3.05. The van der Waals surface area contributed by atoms with E-state index in [2.05, 4.69) is 6.58 Å². The zero-order chi connectivity index (χ0) is 13.0. The fourth-order valence-corrected chi connectivity index (χ4v) is 1.17. The van der Waals surface area contributed by atoms with Crippen LogP contribution in [-0.4, -0.2) is 37.7 Å². The molecule has 0 saturated carbocycles. The fraction of sp³-hybridized carbons (Fsp3) is 0.750. The van der Waals surface area contributed by atoms with Gasteiger partial charge < -0.3 is 12.9 Å². The normalized spacial score (nSPS) is 12.5. The second-order valence-electron chi connectivity index (χ2n) is 3.56. The van der Waals surface area contributed by atoms with Crippen molar-refractivity contribution in [2.24, 2.45) is 0 Å². The van der Waals surface area contributed by atoms with Crippen molar-refractivity contribution in [3.8, 4) is 0 Å². The number of hydrogen-bond donors (Lipinski definition) is 0. The van der Waals surface area contributed by atoms with E-state index >= 15 is 0 Å². The first-order valence-electron chi connectivity index (χ1n) is 4.73. The van der Waals surface area contributed by atoms with E-state index in [4.69, 9.17) is 0 Å². The Morgan fingerprint density at radius 3 is 2.00 bits per heavy atom. The summed E-state index contributed by atoms with van der Waals surface area (Å²) in [6, 6.07) is 0.